The van der Waals surface area contributed by atoms with E-state index in [1.165, 1.54) is 57.8 Å². The van der Waals surface area contributed by atoms with Crippen LogP contribution < -0.4 is 0 Å². The number of rotatable bonds is 5. The Bertz CT molecular complexity index is 343. The number of hydrogen-bond donors (Lipinski definition) is 0. The zero-order valence-corrected chi connectivity index (χ0v) is 14.9. The van der Waals surface area contributed by atoms with Crippen molar-refractivity contribution in [3.8, 4) is 0 Å². The Kier molecular flexibility index (Phi) is 6.42. The van der Waals surface area contributed by atoms with Crippen LogP contribution in [0.5, 0.6) is 0 Å². The molecule has 0 bridgehead atoms. The van der Waals surface area contributed by atoms with Gasteiger partial charge in [-0.15, -0.1) is 0 Å². The standard InChI is InChI=1S/C18H33O3P/c19-22(18-14-8-3-9-15-18,20-16-10-4-1-5-11-16)21-17-12-6-2-7-13-17/h16-18H,1-15H2. The molecule has 3 nitrogen and oxygen atoms in total. The summed E-state index contributed by atoms with van der Waals surface area (Å²) >= 11 is 0. The van der Waals surface area contributed by atoms with Crippen LogP contribution in [-0.2, 0) is 13.6 Å². The Morgan fingerprint density at radius 3 is 1.32 bits per heavy atom. The molecule has 3 rings (SSSR count). The zero-order chi connectivity index (χ0) is 15.3. The quantitative estimate of drug-likeness (QED) is 0.563. The summed E-state index contributed by atoms with van der Waals surface area (Å²) in [5, 5.41) is 0. The first-order chi connectivity index (χ1) is 10.8. The lowest BCUT2D eigenvalue weighted by atomic mass is 9.98. The van der Waals surface area contributed by atoms with Gasteiger partial charge in [0.15, 0.2) is 0 Å². The van der Waals surface area contributed by atoms with E-state index < -0.39 is 7.60 Å². The second-order valence-corrected chi connectivity index (χ2v) is 9.79. The third kappa shape index (κ3) is 4.58. The molecule has 128 valence electrons. The molecular weight excluding hydrogens is 295 g/mol. The van der Waals surface area contributed by atoms with Crippen LogP contribution in [0.15, 0.2) is 0 Å². The van der Waals surface area contributed by atoms with E-state index in [0.717, 1.165) is 38.5 Å². The Morgan fingerprint density at radius 1 is 0.545 bits per heavy atom. The van der Waals surface area contributed by atoms with Crippen molar-refractivity contribution >= 4 is 7.60 Å². The third-order valence-corrected chi connectivity index (χ3v) is 8.31. The van der Waals surface area contributed by atoms with Gasteiger partial charge in [0.1, 0.15) is 0 Å². The van der Waals surface area contributed by atoms with E-state index in [2.05, 4.69) is 0 Å². The van der Waals surface area contributed by atoms with Gasteiger partial charge < -0.3 is 9.05 Å². The summed E-state index contributed by atoms with van der Waals surface area (Å²) in [5.74, 6) is 0. The van der Waals surface area contributed by atoms with E-state index in [1.807, 2.05) is 0 Å². The van der Waals surface area contributed by atoms with E-state index in [9.17, 15) is 4.57 Å². The van der Waals surface area contributed by atoms with Crippen molar-refractivity contribution in [1.82, 2.24) is 0 Å². The van der Waals surface area contributed by atoms with Crippen molar-refractivity contribution in [1.29, 1.82) is 0 Å². The first-order valence-corrected chi connectivity index (χ1v) is 11.3. The SMILES string of the molecule is O=P(OC1CCCCC1)(OC1CCCCC1)C1CCCCC1. The van der Waals surface area contributed by atoms with Gasteiger partial charge in [-0.1, -0.05) is 57.8 Å². The first kappa shape index (κ1) is 17.0. The van der Waals surface area contributed by atoms with Gasteiger partial charge in [0.2, 0.25) is 0 Å². The summed E-state index contributed by atoms with van der Waals surface area (Å²) in [6.07, 6.45) is 17.9. The maximum atomic E-state index is 13.7. The van der Waals surface area contributed by atoms with Crippen molar-refractivity contribution in [2.45, 2.75) is 114 Å². The van der Waals surface area contributed by atoms with E-state index in [1.54, 1.807) is 0 Å². The van der Waals surface area contributed by atoms with Gasteiger partial charge in [-0.05, 0) is 38.5 Å². The summed E-state index contributed by atoms with van der Waals surface area (Å²) in [4.78, 5) is 0. The molecule has 0 amide bonds. The predicted molar refractivity (Wildman–Crippen MR) is 90.4 cm³/mol. The molecule has 0 aromatic carbocycles. The molecule has 0 aliphatic heterocycles. The van der Waals surface area contributed by atoms with Gasteiger partial charge in [-0.3, -0.25) is 4.57 Å². The zero-order valence-electron chi connectivity index (χ0n) is 14.0. The lowest BCUT2D eigenvalue weighted by Gasteiger charge is -2.36. The van der Waals surface area contributed by atoms with E-state index >= 15 is 0 Å². The highest BCUT2D eigenvalue weighted by atomic mass is 31.2. The first-order valence-electron chi connectivity index (χ1n) is 9.73. The van der Waals surface area contributed by atoms with Gasteiger partial charge in [0.25, 0.3) is 0 Å². The second kappa shape index (κ2) is 8.31. The van der Waals surface area contributed by atoms with Gasteiger partial charge in [0, 0.05) is 0 Å². The summed E-state index contributed by atoms with van der Waals surface area (Å²) in [5.41, 5.74) is 0.171. The fourth-order valence-electron chi connectivity index (χ4n) is 4.35. The Hall–Kier alpha value is 0.150. The van der Waals surface area contributed by atoms with Crippen LogP contribution in [0, 0.1) is 0 Å². The lowest BCUT2D eigenvalue weighted by Crippen LogP contribution is -2.26. The molecule has 3 aliphatic carbocycles. The van der Waals surface area contributed by atoms with E-state index in [-0.39, 0.29) is 17.9 Å². The number of hydrogen-bond acceptors (Lipinski definition) is 3. The maximum absolute atomic E-state index is 13.7. The van der Waals surface area contributed by atoms with Crippen LogP contribution in [0.3, 0.4) is 0 Å². The van der Waals surface area contributed by atoms with Crippen molar-refractivity contribution in [3.63, 3.8) is 0 Å². The molecule has 0 aromatic heterocycles. The van der Waals surface area contributed by atoms with Crippen LogP contribution in [0.2, 0.25) is 0 Å². The fourth-order valence-corrected chi connectivity index (χ4v) is 7.00. The molecule has 4 heteroatoms. The highest BCUT2D eigenvalue weighted by Crippen LogP contribution is 2.60. The Morgan fingerprint density at radius 2 is 0.909 bits per heavy atom. The normalized spacial score (nSPS) is 27.1. The van der Waals surface area contributed by atoms with Crippen molar-refractivity contribution in [3.05, 3.63) is 0 Å². The molecular formula is C18H33O3P. The molecule has 3 fully saturated rings. The second-order valence-electron chi connectivity index (χ2n) is 7.56. The molecule has 3 aliphatic rings. The molecule has 3 saturated carbocycles. The summed E-state index contributed by atoms with van der Waals surface area (Å²) < 4.78 is 26.2. The fraction of sp³-hybridized carbons (Fsp3) is 1.00. The van der Waals surface area contributed by atoms with E-state index in [0.29, 0.717) is 0 Å². The van der Waals surface area contributed by atoms with Crippen molar-refractivity contribution in [2.75, 3.05) is 0 Å². The smallest absolute Gasteiger partial charge is 0.305 e. The monoisotopic (exact) mass is 328 g/mol. The maximum Gasteiger partial charge on any atom is 0.334 e. The molecule has 0 aromatic rings. The highest BCUT2D eigenvalue weighted by molar-refractivity contribution is 7.54. The lowest BCUT2D eigenvalue weighted by molar-refractivity contribution is 0.0728. The van der Waals surface area contributed by atoms with Crippen molar-refractivity contribution in [2.24, 2.45) is 0 Å². The van der Waals surface area contributed by atoms with Crippen LogP contribution in [0.25, 0.3) is 0 Å². The molecule has 0 radical (unpaired) electrons. The van der Waals surface area contributed by atoms with Crippen LogP contribution in [0.1, 0.15) is 96.3 Å². The summed E-state index contributed by atoms with van der Waals surface area (Å²) in [6, 6.07) is 0. The minimum absolute atomic E-state index is 0.171. The molecule has 0 N–H and O–H groups in total. The molecule has 0 heterocycles. The highest BCUT2D eigenvalue weighted by Gasteiger charge is 2.41. The van der Waals surface area contributed by atoms with Crippen LogP contribution in [-0.4, -0.2) is 17.9 Å². The summed E-state index contributed by atoms with van der Waals surface area (Å²) in [6.45, 7) is 0. The van der Waals surface area contributed by atoms with Crippen LogP contribution in [0.4, 0.5) is 0 Å². The van der Waals surface area contributed by atoms with Crippen LogP contribution >= 0.6 is 7.60 Å². The van der Waals surface area contributed by atoms with Crippen molar-refractivity contribution < 1.29 is 13.6 Å². The van der Waals surface area contributed by atoms with Gasteiger partial charge in [0.05, 0.1) is 17.9 Å². The average Bonchev–Trinajstić information content (AvgIpc) is 2.57. The molecule has 0 spiro atoms. The molecule has 0 unspecified atom stereocenters. The Balaban J connectivity index is 1.66. The van der Waals surface area contributed by atoms with E-state index in [4.69, 9.17) is 9.05 Å². The third-order valence-electron chi connectivity index (χ3n) is 5.72. The molecule has 0 atom stereocenters. The minimum atomic E-state index is -2.93. The molecule has 0 saturated heterocycles. The predicted octanol–water partition coefficient (Wildman–Crippen LogP) is 6.21. The molecule has 22 heavy (non-hydrogen) atoms. The van der Waals surface area contributed by atoms with Gasteiger partial charge in [-0.25, -0.2) is 0 Å². The summed E-state index contributed by atoms with van der Waals surface area (Å²) in [7, 11) is -2.93. The average molecular weight is 328 g/mol. The largest absolute Gasteiger partial charge is 0.334 e. The van der Waals surface area contributed by atoms with Gasteiger partial charge >= 0.3 is 7.60 Å². The van der Waals surface area contributed by atoms with Gasteiger partial charge in [-0.2, -0.15) is 0 Å². The Labute approximate surface area is 136 Å². The minimum Gasteiger partial charge on any atom is -0.305 e. The topological polar surface area (TPSA) is 35.5 Å².